The topological polar surface area (TPSA) is 43.8 Å². The number of rotatable bonds is 2. The van der Waals surface area contributed by atoms with E-state index in [0.717, 1.165) is 19.4 Å². The van der Waals surface area contributed by atoms with E-state index in [-0.39, 0.29) is 0 Å². The van der Waals surface area contributed by atoms with Crippen molar-refractivity contribution in [2.45, 2.75) is 32.2 Å². The van der Waals surface area contributed by atoms with E-state index in [2.05, 4.69) is 9.55 Å². The van der Waals surface area contributed by atoms with Gasteiger partial charge in [-0.25, -0.2) is 4.98 Å². The van der Waals surface area contributed by atoms with Gasteiger partial charge in [0, 0.05) is 12.2 Å². The molecule has 1 aliphatic rings. The molecule has 94 valence electrons. The zero-order valence-electron chi connectivity index (χ0n) is 10.2. The number of hydrogen-bond donors (Lipinski definition) is 1. The monoisotopic (exact) mass is 261 g/mol. The van der Waals surface area contributed by atoms with Crippen LogP contribution in [0, 0.1) is 0 Å². The highest BCUT2D eigenvalue weighted by Crippen LogP contribution is 2.23. The molecule has 0 saturated carbocycles. The van der Waals surface area contributed by atoms with Crippen LogP contribution in [-0.2, 0) is 19.4 Å². The maximum atomic E-state index is 5.93. The number of nitrogen functional groups attached to an aromatic ring is 1. The predicted octanol–water partition coefficient (Wildman–Crippen LogP) is 3.05. The van der Waals surface area contributed by atoms with Gasteiger partial charge in [-0.3, -0.25) is 0 Å². The Bertz CT molecular complexity index is 574. The fraction of sp³-hybridized carbons (Fsp3) is 0.357. The summed E-state index contributed by atoms with van der Waals surface area (Å²) in [5, 5.41) is 0.617. The number of hydrogen-bond acceptors (Lipinski definition) is 2. The van der Waals surface area contributed by atoms with Crippen molar-refractivity contribution >= 4 is 17.3 Å². The molecule has 0 unspecified atom stereocenters. The molecule has 1 aliphatic carbocycles. The molecule has 1 heterocycles. The number of aryl methyl sites for hydroxylation is 1. The van der Waals surface area contributed by atoms with E-state index < -0.39 is 0 Å². The van der Waals surface area contributed by atoms with E-state index in [0.29, 0.717) is 10.7 Å². The first kappa shape index (κ1) is 11.6. The van der Waals surface area contributed by atoms with Crippen molar-refractivity contribution in [1.29, 1.82) is 0 Å². The molecule has 1 aromatic carbocycles. The summed E-state index contributed by atoms with van der Waals surface area (Å²) in [6, 6.07) is 5.82. The lowest BCUT2D eigenvalue weighted by molar-refractivity contribution is 0.628. The molecule has 0 saturated heterocycles. The lowest BCUT2D eigenvalue weighted by Crippen LogP contribution is -2.09. The SMILES string of the molecule is Nc1cc(Cn2cnc3c2CCCC3)ccc1Cl. The number of nitrogens with two attached hydrogens (primary N) is 1. The van der Waals surface area contributed by atoms with Gasteiger partial charge < -0.3 is 10.3 Å². The Morgan fingerprint density at radius 2 is 2.11 bits per heavy atom. The van der Waals surface area contributed by atoms with E-state index in [4.69, 9.17) is 17.3 Å². The van der Waals surface area contributed by atoms with Gasteiger partial charge in [-0.05, 0) is 43.4 Å². The summed E-state index contributed by atoms with van der Waals surface area (Å²) in [4.78, 5) is 4.50. The molecule has 0 spiro atoms. The van der Waals surface area contributed by atoms with Crippen molar-refractivity contribution in [2.24, 2.45) is 0 Å². The highest BCUT2D eigenvalue weighted by Gasteiger charge is 2.15. The van der Waals surface area contributed by atoms with Crippen molar-refractivity contribution < 1.29 is 0 Å². The molecule has 0 aliphatic heterocycles. The van der Waals surface area contributed by atoms with Crippen molar-refractivity contribution in [3.63, 3.8) is 0 Å². The number of imidazole rings is 1. The zero-order chi connectivity index (χ0) is 12.5. The maximum Gasteiger partial charge on any atom is 0.0954 e. The second-order valence-electron chi connectivity index (χ2n) is 4.83. The van der Waals surface area contributed by atoms with Crippen LogP contribution >= 0.6 is 11.6 Å². The van der Waals surface area contributed by atoms with Crippen LogP contribution in [0.5, 0.6) is 0 Å². The van der Waals surface area contributed by atoms with Crippen molar-refractivity contribution in [3.05, 3.63) is 46.5 Å². The Kier molecular flexibility index (Phi) is 3.00. The highest BCUT2D eigenvalue weighted by atomic mass is 35.5. The molecule has 1 aromatic heterocycles. The van der Waals surface area contributed by atoms with Gasteiger partial charge in [-0.2, -0.15) is 0 Å². The van der Waals surface area contributed by atoms with Crippen LogP contribution in [0.25, 0.3) is 0 Å². The molecule has 0 radical (unpaired) electrons. The second-order valence-corrected chi connectivity index (χ2v) is 5.24. The van der Waals surface area contributed by atoms with Gasteiger partial charge >= 0.3 is 0 Å². The number of anilines is 1. The predicted molar refractivity (Wildman–Crippen MR) is 73.8 cm³/mol. The van der Waals surface area contributed by atoms with Crippen LogP contribution in [0.1, 0.15) is 29.8 Å². The third kappa shape index (κ3) is 2.10. The minimum atomic E-state index is 0.617. The van der Waals surface area contributed by atoms with Crippen molar-refractivity contribution in [2.75, 3.05) is 5.73 Å². The zero-order valence-corrected chi connectivity index (χ0v) is 11.0. The van der Waals surface area contributed by atoms with Crippen LogP contribution in [-0.4, -0.2) is 9.55 Å². The molecule has 0 atom stereocenters. The van der Waals surface area contributed by atoms with E-state index in [1.54, 1.807) is 0 Å². The average Bonchev–Trinajstić information content (AvgIpc) is 2.78. The summed E-state index contributed by atoms with van der Waals surface area (Å²) >= 11 is 5.93. The smallest absolute Gasteiger partial charge is 0.0954 e. The fourth-order valence-corrected chi connectivity index (χ4v) is 2.67. The van der Waals surface area contributed by atoms with Crippen molar-refractivity contribution in [1.82, 2.24) is 9.55 Å². The second kappa shape index (κ2) is 4.65. The standard InChI is InChI=1S/C14H16ClN3/c15-11-6-5-10(7-12(11)16)8-18-9-17-13-3-1-2-4-14(13)18/h5-7,9H,1-4,8,16H2. The quantitative estimate of drug-likeness (QED) is 0.845. The molecule has 2 aromatic rings. The highest BCUT2D eigenvalue weighted by molar-refractivity contribution is 6.33. The van der Waals surface area contributed by atoms with E-state index in [1.165, 1.54) is 29.8 Å². The Morgan fingerprint density at radius 1 is 1.28 bits per heavy atom. The number of fused-ring (bicyclic) bond motifs is 1. The Labute approximate surface area is 112 Å². The van der Waals surface area contributed by atoms with E-state index in [9.17, 15) is 0 Å². The number of halogens is 1. The number of aromatic nitrogens is 2. The Hall–Kier alpha value is -1.48. The fourth-order valence-electron chi connectivity index (χ4n) is 2.56. The maximum absolute atomic E-state index is 5.93. The largest absolute Gasteiger partial charge is 0.398 e. The summed E-state index contributed by atoms with van der Waals surface area (Å²) < 4.78 is 2.23. The van der Waals surface area contributed by atoms with Gasteiger partial charge in [0.1, 0.15) is 0 Å². The van der Waals surface area contributed by atoms with Gasteiger partial charge in [0.15, 0.2) is 0 Å². The summed E-state index contributed by atoms with van der Waals surface area (Å²) in [6.07, 6.45) is 6.73. The third-order valence-corrected chi connectivity index (χ3v) is 3.87. The molecule has 2 N–H and O–H groups in total. The first-order chi connectivity index (χ1) is 8.74. The van der Waals surface area contributed by atoms with Gasteiger partial charge in [0.25, 0.3) is 0 Å². The molecule has 0 fully saturated rings. The van der Waals surface area contributed by atoms with E-state index in [1.807, 2.05) is 24.5 Å². The first-order valence-electron chi connectivity index (χ1n) is 6.31. The van der Waals surface area contributed by atoms with Gasteiger partial charge in [0.2, 0.25) is 0 Å². The van der Waals surface area contributed by atoms with E-state index >= 15 is 0 Å². The summed E-state index contributed by atoms with van der Waals surface area (Å²) in [5.41, 5.74) is 10.3. The molecule has 18 heavy (non-hydrogen) atoms. The van der Waals surface area contributed by atoms with Crippen LogP contribution in [0.4, 0.5) is 5.69 Å². The molecular weight excluding hydrogens is 246 g/mol. The Morgan fingerprint density at radius 3 is 2.94 bits per heavy atom. The summed E-state index contributed by atoms with van der Waals surface area (Å²) in [5.74, 6) is 0. The van der Waals surface area contributed by atoms with Gasteiger partial charge in [-0.15, -0.1) is 0 Å². The third-order valence-electron chi connectivity index (χ3n) is 3.52. The lowest BCUT2D eigenvalue weighted by atomic mass is 10.0. The molecule has 3 rings (SSSR count). The van der Waals surface area contributed by atoms with Gasteiger partial charge in [-0.1, -0.05) is 17.7 Å². The van der Waals surface area contributed by atoms with Crippen molar-refractivity contribution in [3.8, 4) is 0 Å². The number of nitrogens with zero attached hydrogens (tertiary/aromatic N) is 2. The molecule has 3 nitrogen and oxygen atoms in total. The average molecular weight is 262 g/mol. The Balaban J connectivity index is 1.88. The summed E-state index contributed by atoms with van der Waals surface area (Å²) in [6.45, 7) is 0.823. The first-order valence-corrected chi connectivity index (χ1v) is 6.68. The minimum absolute atomic E-state index is 0.617. The van der Waals surface area contributed by atoms with Crippen LogP contribution in [0.15, 0.2) is 24.5 Å². The molecule has 0 bridgehead atoms. The minimum Gasteiger partial charge on any atom is -0.398 e. The lowest BCUT2D eigenvalue weighted by Gasteiger charge is -2.14. The number of benzene rings is 1. The van der Waals surface area contributed by atoms with Crippen LogP contribution in [0.2, 0.25) is 5.02 Å². The van der Waals surface area contributed by atoms with Gasteiger partial charge in [0.05, 0.1) is 22.7 Å². The molecule has 4 heteroatoms. The summed E-state index contributed by atoms with van der Waals surface area (Å²) in [7, 11) is 0. The molecular formula is C14H16ClN3. The molecule has 0 amide bonds. The van der Waals surface area contributed by atoms with Crippen LogP contribution in [0.3, 0.4) is 0 Å². The normalized spacial score (nSPS) is 14.5. The van der Waals surface area contributed by atoms with Crippen LogP contribution < -0.4 is 5.73 Å².